The van der Waals surface area contributed by atoms with Gasteiger partial charge >= 0.3 is 0 Å². The van der Waals surface area contributed by atoms with Crippen LogP contribution in [0.1, 0.15) is 31.7 Å². The third-order valence-electron chi connectivity index (χ3n) is 3.83. The Balaban J connectivity index is 1.73. The lowest BCUT2D eigenvalue weighted by atomic mass is 9.97. The van der Waals surface area contributed by atoms with Crippen molar-refractivity contribution in [3.63, 3.8) is 0 Å². The van der Waals surface area contributed by atoms with Gasteiger partial charge in [0.15, 0.2) is 0 Å². The molecular weight excluding hydrogens is 268 g/mol. The molecule has 0 spiro atoms. The molecule has 1 aliphatic rings. The predicted molar refractivity (Wildman–Crippen MR) is 79.8 cm³/mol. The number of hydrogen-bond acceptors (Lipinski definition) is 3. The number of carbonyl (C=O) groups excluding carboxylic acids is 2. The van der Waals surface area contributed by atoms with E-state index in [1.165, 1.54) is 0 Å². The fourth-order valence-electron chi connectivity index (χ4n) is 2.44. The van der Waals surface area contributed by atoms with Crippen LogP contribution in [0.2, 0.25) is 0 Å². The van der Waals surface area contributed by atoms with E-state index in [1.54, 1.807) is 12.1 Å². The highest BCUT2D eigenvalue weighted by atomic mass is 16.3. The fourth-order valence-corrected chi connectivity index (χ4v) is 2.44. The van der Waals surface area contributed by atoms with E-state index in [4.69, 9.17) is 0 Å². The number of amides is 2. The van der Waals surface area contributed by atoms with Crippen molar-refractivity contribution in [1.82, 2.24) is 10.6 Å². The van der Waals surface area contributed by atoms with Crippen LogP contribution < -0.4 is 10.6 Å². The molecule has 5 nitrogen and oxygen atoms in total. The van der Waals surface area contributed by atoms with Crippen molar-refractivity contribution in [2.75, 3.05) is 6.54 Å². The van der Waals surface area contributed by atoms with Crippen molar-refractivity contribution in [3.05, 3.63) is 29.8 Å². The molecule has 1 aromatic carbocycles. The van der Waals surface area contributed by atoms with Crippen molar-refractivity contribution >= 4 is 11.8 Å². The number of phenolic OH excluding ortho intramolecular Hbond substituents is 1. The van der Waals surface area contributed by atoms with Crippen LogP contribution >= 0.6 is 0 Å². The molecule has 21 heavy (non-hydrogen) atoms. The molecule has 5 heteroatoms. The molecule has 1 heterocycles. The van der Waals surface area contributed by atoms with Gasteiger partial charge in [-0.1, -0.05) is 12.1 Å². The monoisotopic (exact) mass is 290 g/mol. The van der Waals surface area contributed by atoms with E-state index in [0.717, 1.165) is 18.4 Å². The number of hydrogen-bond donors (Lipinski definition) is 3. The molecule has 1 saturated heterocycles. The number of rotatable bonds is 5. The minimum atomic E-state index is -0.112. The number of piperidine rings is 1. The summed E-state index contributed by atoms with van der Waals surface area (Å²) in [4.78, 5) is 23.2. The lowest BCUT2D eigenvalue weighted by Crippen LogP contribution is -2.45. The van der Waals surface area contributed by atoms with E-state index in [0.29, 0.717) is 19.4 Å². The summed E-state index contributed by atoms with van der Waals surface area (Å²) in [6, 6.07) is 7.21. The Kier molecular flexibility index (Phi) is 5.20. The highest BCUT2D eigenvalue weighted by molar-refractivity contribution is 5.83. The van der Waals surface area contributed by atoms with Gasteiger partial charge < -0.3 is 15.7 Å². The van der Waals surface area contributed by atoms with Gasteiger partial charge in [-0.3, -0.25) is 9.59 Å². The zero-order chi connectivity index (χ0) is 15.2. The first-order valence-corrected chi connectivity index (χ1v) is 7.39. The van der Waals surface area contributed by atoms with Crippen molar-refractivity contribution in [2.24, 2.45) is 5.92 Å². The second-order valence-corrected chi connectivity index (χ2v) is 5.65. The molecule has 3 N–H and O–H groups in total. The Hall–Kier alpha value is -2.04. The lowest BCUT2D eigenvalue weighted by molar-refractivity contribution is -0.129. The molecule has 2 rings (SSSR count). The van der Waals surface area contributed by atoms with Gasteiger partial charge in [-0.2, -0.15) is 0 Å². The first-order valence-electron chi connectivity index (χ1n) is 7.39. The van der Waals surface area contributed by atoms with Crippen LogP contribution in [0, 0.1) is 5.92 Å². The van der Waals surface area contributed by atoms with E-state index in [1.807, 2.05) is 19.1 Å². The standard InChI is InChI=1S/C16H22N2O3/c1-11(2-3-12-4-7-14(19)8-5-12)18-16(21)13-6-9-15(20)17-10-13/h4-5,7-8,11,13,19H,2-3,6,9-10H2,1H3,(H,17,20)(H,18,21). The SMILES string of the molecule is CC(CCc1ccc(O)cc1)NC(=O)C1CCC(=O)NC1. The molecule has 1 fully saturated rings. The van der Waals surface area contributed by atoms with E-state index >= 15 is 0 Å². The molecule has 2 atom stereocenters. The number of aromatic hydroxyl groups is 1. The number of carbonyl (C=O) groups is 2. The first kappa shape index (κ1) is 15.4. The Bertz CT molecular complexity index is 489. The van der Waals surface area contributed by atoms with Gasteiger partial charge in [-0.15, -0.1) is 0 Å². The van der Waals surface area contributed by atoms with Gasteiger partial charge in [0.1, 0.15) is 5.75 Å². The smallest absolute Gasteiger partial charge is 0.225 e. The van der Waals surface area contributed by atoms with Gasteiger partial charge in [0.2, 0.25) is 11.8 Å². The summed E-state index contributed by atoms with van der Waals surface area (Å²) in [6.07, 6.45) is 2.75. The molecule has 114 valence electrons. The predicted octanol–water partition coefficient (Wildman–Crippen LogP) is 1.36. The van der Waals surface area contributed by atoms with Gasteiger partial charge in [-0.05, 0) is 43.9 Å². The molecule has 2 unspecified atom stereocenters. The largest absolute Gasteiger partial charge is 0.508 e. The van der Waals surface area contributed by atoms with Gasteiger partial charge in [0.05, 0.1) is 5.92 Å². The van der Waals surface area contributed by atoms with Crippen LogP contribution in [0.15, 0.2) is 24.3 Å². The molecule has 2 amide bonds. The van der Waals surface area contributed by atoms with E-state index in [9.17, 15) is 14.7 Å². The third kappa shape index (κ3) is 4.77. The zero-order valence-electron chi connectivity index (χ0n) is 12.3. The maximum absolute atomic E-state index is 12.1. The number of aryl methyl sites for hydroxylation is 1. The fraction of sp³-hybridized carbons (Fsp3) is 0.500. The highest BCUT2D eigenvalue weighted by Gasteiger charge is 2.25. The Morgan fingerprint density at radius 1 is 1.43 bits per heavy atom. The lowest BCUT2D eigenvalue weighted by Gasteiger charge is -2.23. The van der Waals surface area contributed by atoms with Crippen LogP contribution in [-0.2, 0) is 16.0 Å². The molecule has 1 aliphatic heterocycles. The molecular formula is C16H22N2O3. The molecule has 0 radical (unpaired) electrons. The molecule has 1 aromatic rings. The van der Waals surface area contributed by atoms with Crippen molar-refractivity contribution < 1.29 is 14.7 Å². The average molecular weight is 290 g/mol. The maximum atomic E-state index is 12.1. The molecule has 0 saturated carbocycles. The quantitative estimate of drug-likeness (QED) is 0.766. The molecule has 0 aliphatic carbocycles. The van der Waals surface area contributed by atoms with Crippen molar-refractivity contribution in [3.8, 4) is 5.75 Å². The van der Waals surface area contributed by atoms with Crippen molar-refractivity contribution in [2.45, 2.75) is 38.6 Å². The molecule has 0 bridgehead atoms. The summed E-state index contributed by atoms with van der Waals surface area (Å²) >= 11 is 0. The molecule has 0 aromatic heterocycles. The highest BCUT2D eigenvalue weighted by Crippen LogP contribution is 2.13. The minimum Gasteiger partial charge on any atom is -0.508 e. The summed E-state index contributed by atoms with van der Waals surface area (Å²) < 4.78 is 0. The van der Waals surface area contributed by atoms with Crippen LogP contribution in [-0.4, -0.2) is 29.5 Å². The van der Waals surface area contributed by atoms with Gasteiger partial charge in [-0.25, -0.2) is 0 Å². The third-order valence-corrected chi connectivity index (χ3v) is 3.83. The van der Waals surface area contributed by atoms with Gasteiger partial charge in [0, 0.05) is 19.0 Å². The summed E-state index contributed by atoms with van der Waals surface area (Å²) in [5.41, 5.74) is 1.14. The van der Waals surface area contributed by atoms with Crippen LogP contribution in [0.4, 0.5) is 0 Å². The summed E-state index contributed by atoms with van der Waals surface area (Å²) in [5, 5.41) is 15.0. The maximum Gasteiger partial charge on any atom is 0.225 e. The summed E-state index contributed by atoms with van der Waals surface area (Å²) in [5.74, 6) is 0.200. The summed E-state index contributed by atoms with van der Waals surface area (Å²) in [6.45, 7) is 2.43. The normalized spacial score (nSPS) is 19.7. The van der Waals surface area contributed by atoms with Crippen LogP contribution in [0.25, 0.3) is 0 Å². The first-order chi connectivity index (χ1) is 10.0. The number of phenols is 1. The number of benzene rings is 1. The zero-order valence-corrected chi connectivity index (χ0v) is 12.3. The Morgan fingerprint density at radius 2 is 2.14 bits per heavy atom. The van der Waals surface area contributed by atoms with E-state index in [2.05, 4.69) is 10.6 Å². The average Bonchev–Trinajstić information content (AvgIpc) is 2.47. The second-order valence-electron chi connectivity index (χ2n) is 5.65. The Morgan fingerprint density at radius 3 is 2.76 bits per heavy atom. The Labute approximate surface area is 124 Å². The topological polar surface area (TPSA) is 78.4 Å². The van der Waals surface area contributed by atoms with Crippen molar-refractivity contribution in [1.29, 1.82) is 0 Å². The summed E-state index contributed by atoms with van der Waals surface area (Å²) in [7, 11) is 0. The minimum absolute atomic E-state index is 0.0215. The van der Waals surface area contributed by atoms with Gasteiger partial charge in [0.25, 0.3) is 0 Å². The van der Waals surface area contributed by atoms with E-state index in [-0.39, 0.29) is 29.5 Å². The van der Waals surface area contributed by atoms with Crippen LogP contribution in [0.5, 0.6) is 5.75 Å². The second kappa shape index (κ2) is 7.11. The number of nitrogens with one attached hydrogen (secondary N) is 2. The van der Waals surface area contributed by atoms with E-state index < -0.39 is 0 Å². The van der Waals surface area contributed by atoms with Crippen LogP contribution in [0.3, 0.4) is 0 Å².